The van der Waals surface area contributed by atoms with E-state index in [1.54, 1.807) is 0 Å². The van der Waals surface area contributed by atoms with Crippen LogP contribution >= 0.6 is 15.9 Å². The number of likely N-dealkylation sites (tertiary alicyclic amines) is 1. The minimum atomic E-state index is 0.255. The van der Waals surface area contributed by atoms with E-state index in [4.69, 9.17) is 0 Å². The summed E-state index contributed by atoms with van der Waals surface area (Å²) >= 11 is 3.46. The van der Waals surface area contributed by atoms with E-state index in [0.29, 0.717) is 19.0 Å². The maximum atomic E-state index is 12.6. The molecular formula is C23H34BrN3O2. The van der Waals surface area contributed by atoms with E-state index in [9.17, 15) is 9.59 Å². The number of aryl methyl sites for hydroxylation is 1. The van der Waals surface area contributed by atoms with Crippen molar-refractivity contribution in [2.24, 2.45) is 0 Å². The summed E-state index contributed by atoms with van der Waals surface area (Å²) < 4.78 is 1.10. The summed E-state index contributed by atoms with van der Waals surface area (Å²) in [6.45, 7) is 6.66. The lowest BCUT2D eigenvalue weighted by atomic mass is 10.0. The smallest absolute Gasteiger partial charge is 0.236 e. The van der Waals surface area contributed by atoms with Gasteiger partial charge in [-0.05, 0) is 63.1 Å². The van der Waals surface area contributed by atoms with Crippen molar-refractivity contribution in [3.8, 4) is 0 Å². The lowest BCUT2D eigenvalue weighted by Gasteiger charge is -2.38. The van der Waals surface area contributed by atoms with Gasteiger partial charge in [-0.1, -0.05) is 28.1 Å². The van der Waals surface area contributed by atoms with Crippen LogP contribution in [0.25, 0.3) is 0 Å². The highest BCUT2D eigenvalue weighted by atomic mass is 79.9. The van der Waals surface area contributed by atoms with Crippen LogP contribution in [0.1, 0.15) is 51.0 Å². The molecule has 160 valence electrons. The summed E-state index contributed by atoms with van der Waals surface area (Å²) in [4.78, 5) is 31.3. The molecule has 2 saturated heterocycles. The monoisotopic (exact) mass is 463 g/mol. The summed E-state index contributed by atoms with van der Waals surface area (Å²) in [7, 11) is 0. The number of nitrogens with zero attached hydrogens (tertiary/aromatic N) is 3. The molecule has 0 saturated carbocycles. The van der Waals surface area contributed by atoms with Crippen LogP contribution < -0.4 is 0 Å². The highest BCUT2D eigenvalue weighted by molar-refractivity contribution is 9.10. The summed E-state index contributed by atoms with van der Waals surface area (Å²) in [5.74, 6) is 0.515. The summed E-state index contributed by atoms with van der Waals surface area (Å²) in [6, 6.07) is 8.78. The number of hydrogen-bond donors (Lipinski definition) is 0. The molecule has 3 rings (SSSR count). The van der Waals surface area contributed by atoms with Crippen LogP contribution in [0.2, 0.25) is 0 Å². The molecule has 2 amide bonds. The topological polar surface area (TPSA) is 43.9 Å². The van der Waals surface area contributed by atoms with Gasteiger partial charge >= 0.3 is 0 Å². The Labute approximate surface area is 183 Å². The Morgan fingerprint density at radius 3 is 2.38 bits per heavy atom. The van der Waals surface area contributed by atoms with Crippen LogP contribution in [-0.2, 0) is 16.0 Å². The Morgan fingerprint density at radius 2 is 1.69 bits per heavy atom. The minimum absolute atomic E-state index is 0.255. The van der Waals surface area contributed by atoms with Crippen molar-refractivity contribution < 1.29 is 9.59 Å². The van der Waals surface area contributed by atoms with Gasteiger partial charge in [0.05, 0.1) is 6.54 Å². The Hall–Kier alpha value is -1.40. The fraction of sp³-hybridized carbons (Fsp3) is 0.652. The molecule has 0 spiro atoms. The van der Waals surface area contributed by atoms with Crippen molar-refractivity contribution in [2.45, 2.75) is 57.9 Å². The van der Waals surface area contributed by atoms with Crippen LogP contribution in [0, 0.1) is 0 Å². The fourth-order valence-corrected chi connectivity index (χ4v) is 4.58. The molecule has 2 heterocycles. The fourth-order valence-electron chi connectivity index (χ4n) is 4.32. The van der Waals surface area contributed by atoms with Gasteiger partial charge in [0, 0.05) is 49.7 Å². The molecule has 0 aromatic heterocycles. The van der Waals surface area contributed by atoms with Crippen molar-refractivity contribution in [2.75, 3.05) is 39.3 Å². The van der Waals surface area contributed by atoms with Gasteiger partial charge in [0.2, 0.25) is 11.8 Å². The zero-order chi connectivity index (χ0) is 20.6. The highest BCUT2D eigenvalue weighted by Crippen LogP contribution is 2.17. The number of amides is 2. The molecule has 1 atom stereocenters. The first-order chi connectivity index (χ1) is 14.0. The number of unbranched alkanes of at least 4 members (excludes halogenated alkanes) is 1. The van der Waals surface area contributed by atoms with E-state index >= 15 is 0 Å². The zero-order valence-corrected chi connectivity index (χ0v) is 19.2. The first-order valence-corrected chi connectivity index (χ1v) is 11.9. The van der Waals surface area contributed by atoms with Gasteiger partial charge in [-0.15, -0.1) is 0 Å². The number of piperidine rings is 1. The second-order valence-corrected chi connectivity index (χ2v) is 9.34. The number of rotatable bonds is 7. The molecule has 0 radical (unpaired) electrons. The molecule has 2 aliphatic heterocycles. The Kier molecular flexibility index (Phi) is 8.54. The standard InChI is InChI=1S/C23H34BrN3O2/c1-19-6-4-5-13-27(19)23(29)18-25-14-16-26(17-15-25)22(28)8-3-2-7-20-9-11-21(24)12-10-20/h9-12,19H,2-8,13-18H2,1H3. The lowest BCUT2D eigenvalue weighted by molar-refractivity contribution is -0.137. The first-order valence-electron chi connectivity index (χ1n) is 11.1. The largest absolute Gasteiger partial charge is 0.340 e. The van der Waals surface area contributed by atoms with Crippen LogP contribution in [0.5, 0.6) is 0 Å². The predicted octanol–water partition coefficient (Wildman–Crippen LogP) is 3.71. The summed E-state index contributed by atoms with van der Waals surface area (Å²) in [5, 5.41) is 0. The molecular weight excluding hydrogens is 430 g/mol. The Balaban J connectivity index is 1.31. The quantitative estimate of drug-likeness (QED) is 0.578. The lowest BCUT2D eigenvalue weighted by Crippen LogP contribution is -2.53. The van der Waals surface area contributed by atoms with E-state index in [1.165, 1.54) is 12.0 Å². The summed E-state index contributed by atoms with van der Waals surface area (Å²) in [6.07, 6.45) is 7.09. The average molecular weight is 464 g/mol. The molecule has 0 bridgehead atoms. The second kappa shape index (κ2) is 11.1. The molecule has 0 aliphatic carbocycles. The molecule has 6 heteroatoms. The molecule has 1 aromatic rings. The van der Waals surface area contributed by atoms with Gasteiger partial charge in [-0.25, -0.2) is 0 Å². The molecule has 2 aliphatic rings. The molecule has 29 heavy (non-hydrogen) atoms. The van der Waals surface area contributed by atoms with E-state index in [0.717, 1.165) is 69.3 Å². The summed E-state index contributed by atoms with van der Waals surface area (Å²) in [5.41, 5.74) is 1.32. The Morgan fingerprint density at radius 1 is 0.966 bits per heavy atom. The molecule has 5 nitrogen and oxygen atoms in total. The molecule has 0 N–H and O–H groups in total. The van der Waals surface area contributed by atoms with Crippen molar-refractivity contribution in [3.63, 3.8) is 0 Å². The molecule has 2 fully saturated rings. The van der Waals surface area contributed by atoms with Crippen LogP contribution in [0.3, 0.4) is 0 Å². The van der Waals surface area contributed by atoms with Crippen molar-refractivity contribution in [1.82, 2.24) is 14.7 Å². The van der Waals surface area contributed by atoms with Crippen LogP contribution in [-0.4, -0.2) is 71.8 Å². The molecule has 1 unspecified atom stereocenters. The number of hydrogen-bond acceptors (Lipinski definition) is 3. The Bertz CT molecular complexity index is 671. The van der Waals surface area contributed by atoms with Gasteiger partial charge < -0.3 is 9.80 Å². The van der Waals surface area contributed by atoms with Crippen molar-refractivity contribution in [3.05, 3.63) is 34.3 Å². The third kappa shape index (κ3) is 6.82. The van der Waals surface area contributed by atoms with Crippen molar-refractivity contribution in [1.29, 1.82) is 0 Å². The number of halogens is 1. The predicted molar refractivity (Wildman–Crippen MR) is 120 cm³/mol. The van der Waals surface area contributed by atoms with Gasteiger partial charge in [0.25, 0.3) is 0 Å². The van der Waals surface area contributed by atoms with E-state index < -0.39 is 0 Å². The minimum Gasteiger partial charge on any atom is -0.340 e. The van der Waals surface area contributed by atoms with Crippen LogP contribution in [0.4, 0.5) is 0 Å². The second-order valence-electron chi connectivity index (χ2n) is 8.42. The maximum Gasteiger partial charge on any atom is 0.236 e. The number of carbonyl (C=O) groups excluding carboxylic acids is 2. The SMILES string of the molecule is CC1CCCCN1C(=O)CN1CCN(C(=O)CCCCc2ccc(Br)cc2)CC1. The number of piperazine rings is 1. The van der Waals surface area contributed by atoms with E-state index in [-0.39, 0.29) is 11.8 Å². The first kappa shape index (κ1) is 22.3. The third-order valence-electron chi connectivity index (χ3n) is 6.23. The third-order valence-corrected chi connectivity index (χ3v) is 6.76. The van der Waals surface area contributed by atoms with Gasteiger partial charge in [-0.3, -0.25) is 14.5 Å². The number of carbonyl (C=O) groups is 2. The maximum absolute atomic E-state index is 12.6. The van der Waals surface area contributed by atoms with Crippen molar-refractivity contribution >= 4 is 27.7 Å². The van der Waals surface area contributed by atoms with Gasteiger partial charge in [0.15, 0.2) is 0 Å². The van der Waals surface area contributed by atoms with Crippen LogP contribution in [0.15, 0.2) is 28.7 Å². The van der Waals surface area contributed by atoms with E-state index in [1.807, 2.05) is 9.80 Å². The molecule has 1 aromatic carbocycles. The van der Waals surface area contributed by atoms with Gasteiger partial charge in [0.1, 0.15) is 0 Å². The average Bonchev–Trinajstić information content (AvgIpc) is 2.73. The highest BCUT2D eigenvalue weighted by Gasteiger charge is 2.27. The normalized spacial score (nSPS) is 20.7. The van der Waals surface area contributed by atoms with Gasteiger partial charge in [-0.2, -0.15) is 0 Å². The number of benzene rings is 1. The van der Waals surface area contributed by atoms with E-state index in [2.05, 4.69) is 52.0 Å². The zero-order valence-electron chi connectivity index (χ0n) is 17.6.